The van der Waals surface area contributed by atoms with E-state index in [0.717, 1.165) is 6.07 Å². The first-order valence-electron chi connectivity index (χ1n) is 6.00. The van der Waals surface area contributed by atoms with E-state index < -0.39 is 16.6 Å². The number of anilines is 2. The molecule has 7 heteroatoms. The molecule has 0 fully saturated rings. The van der Waals surface area contributed by atoms with E-state index in [1.807, 2.05) is 0 Å². The van der Waals surface area contributed by atoms with Crippen molar-refractivity contribution in [2.45, 2.75) is 6.92 Å². The van der Waals surface area contributed by atoms with E-state index in [9.17, 15) is 19.3 Å². The number of benzene rings is 2. The van der Waals surface area contributed by atoms with E-state index in [4.69, 9.17) is 5.73 Å². The molecular formula is C14H12FN3O3. The third kappa shape index (κ3) is 3.14. The van der Waals surface area contributed by atoms with Gasteiger partial charge in [0.2, 0.25) is 0 Å². The van der Waals surface area contributed by atoms with Gasteiger partial charge in [0.1, 0.15) is 5.82 Å². The Labute approximate surface area is 119 Å². The summed E-state index contributed by atoms with van der Waals surface area (Å²) in [4.78, 5) is 22.1. The van der Waals surface area contributed by atoms with Crippen LogP contribution in [-0.2, 0) is 0 Å². The summed E-state index contributed by atoms with van der Waals surface area (Å²) in [5.41, 5.74) is 6.29. The number of nitrogens with one attached hydrogen (secondary N) is 1. The quantitative estimate of drug-likeness (QED) is 0.515. The first-order valence-corrected chi connectivity index (χ1v) is 6.00. The molecule has 0 saturated carbocycles. The molecule has 3 N–H and O–H groups in total. The smallest absolute Gasteiger partial charge is 0.269 e. The molecule has 0 aliphatic rings. The van der Waals surface area contributed by atoms with Crippen molar-refractivity contribution in [2.75, 3.05) is 11.1 Å². The third-order valence-corrected chi connectivity index (χ3v) is 2.91. The second-order valence-corrected chi connectivity index (χ2v) is 4.45. The monoisotopic (exact) mass is 289 g/mol. The minimum Gasteiger partial charge on any atom is -0.399 e. The van der Waals surface area contributed by atoms with Crippen molar-refractivity contribution in [2.24, 2.45) is 0 Å². The lowest BCUT2D eigenvalue weighted by molar-refractivity contribution is -0.384. The van der Waals surface area contributed by atoms with Crippen LogP contribution in [0, 0.1) is 22.9 Å². The van der Waals surface area contributed by atoms with Gasteiger partial charge in [0.05, 0.1) is 10.5 Å². The van der Waals surface area contributed by atoms with Gasteiger partial charge in [0.25, 0.3) is 11.6 Å². The molecule has 0 radical (unpaired) electrons. The van der Waals surface area contributed by atoms with Crippen molar-refractivity contribution in [3.8, 4) is 0 Å². The van der Waals surface area contributed by atoms with Crippen LogP contribution in [0.1, 0.15) is 15.9 Å². The van der Waals surface area contributed by atoms with Crippen molar-refractivity contribution in [1.82, 2.24) is 0 Å². The molecule has 0 heterocycles. The molecule has 0 aromatic heterocycles. The second-order valence-electron chi connectivity index (χ2n) is 4.45. The van der Waals surface area contributed by atoms with Crippen LogP contribution in [0.2, 0.25) is 0 Å². The van der Waals surface area contributed by atoms with Gasteiger partial charge in [-0.25, -0.2) is 4.39 Å². The van der Waals surface area contributed by atoms with Crippen LogP contribution in [0.25, 0.3) is 0 Å². The SMILES string of the molecule is Cc1cc([N+](=O)[O-])ccc1NC(=O)c1ccc(N)cc1F. The van der Waals surface area contributed by atoms with Gasteiger partial charge >= 0.3 is 0 Å². The van der Waals surface area contributed by atoms with Crippen LogP contribution in [0.5, 0.6) is 0 Å². The number of aryl methyl sites for hydroxylation is 1. The molecule has 2 aromatic carbocycles. The van der Waals surface area contributed by atoms with Crippen molar-refractivity contribution < 1.29 is 14.1 Å². The van der Waals surface area contributed by atoms with Crippen molar-refractivity contribution >= 4 is 23.0 Å². The van der Waals surface area contributed by atoms with E-state index in [0.29, 0.717) is 11.3 Å². The molecular weight excluding hydrogens is 277 g/mol. The summed E-state index contributed by atoms with van der Waals surface area (Å²) in [5, 5.41) is 13.2. The second kappa shape index (κ2) is 5.58. The first kappa shape index (κ1) is 14.4. The topological polar surface area (TPSA) is 98.3 Å². The number of nitro benzene ring substituents is 1. The predicted molar refractivity (Wildman–Crippen MR) is 76.6 cm³/mol. The molecule has 21 heavy (non-hydrogen) atoms. The van der Waals surface area contributed by atoms with Crippen molar-refractivity contribution in [3.63, 3.8) is 0 Å². The number of hydrogen-bond acceptors (Lipinski definition) is 4. The van der Waals surface area contributed by atoms with Gasteiger partial charge in [-0.2, -0.15) is 0 Å². The van der Waals surface area contributed by atoms with Crippen molar-refractivity contribution in [1.29, 1.82) is 0 Å². The largest absolute Gasteiger partial charge is 0.399 e. The Bertz CT molecular complexity index is 731. The Balaban J connectivity index is 2.25. The molecule has 1 amide bonds. The molecule has 0 saturated heterocycles. The molecule has 0 spiro atoms. The van der Waals surface area contributed by atoms with E-state index in [2.05, 4.69) is 5.32 Å². The summed E-state index contributed by atoms with van der Waals surface area (Å²) in [5.74, 6) is -1.38. The number of nitrogens with two attached hydrogens (primary N) is 1. The Morgan fingerprint density at radius 2 is 2.00 bits per heavy atom. The molecule has 0 aliphatic carbocycles. The lowest BCUT2D eigenvalue weighted by Crippen LogP contribution is -2.14. The Kier molecular flexibility index (Phi) is 3.84. The number of non-ortho nitro benzene ring substituents is 1. The van der Waals surface area contributed by atoms with Gasteiger partial charge in [0.15, 0.2) is 0 Å². The summed E-state index contributed by atoms with van der Waals surface area (Å²) >= 11 is 0. The third-order valence-electron chi connectivity index (χ3n) is 2.91. The van der Waals surface area contributed by atoms with Crippen molar-refractivity contribution in [3.05, 3.63) is 63.5 Å². The molecule has 2 aromatic rings. The number of carbonyl (C=O) groups is 1. The minimum absolute atomic E-state index is 0.0795. The van der Waals surface area contributed by atoms with Crippen LogP contribution in [0.3, 0.4) is 0 Å². The summed E-state index contributed by atoms with van der Waals surface area (Å²) in [6.45, 7) is 1.61. The summed E-state index contributed by atoms with van der Waals surface area (Å²) in [6, 6.07) is 7.75. The fraction of sp³-hybridized carbons (Fsp3) is 0.0714. The Hall–Kier alpha value is -2.96. The molecule has 2 rings (SSSR count). The maximum absolute atomic E-state index is 13.6. The highest BCUT2D eigenvalue weighted by molar-refractivity contribution is 6.05. The molecule has 108 valence electrons. The zero-order chi connectivity index (χ0) is 15.6. The minimum atomic E-state index is -0.730. The highest BCUT2D eigenvalue weighted by Gasteiger charge is 2.14. The molecule has 0 bridgehead atoms. The number of nitrogens with zero attached hydrogens (tertiary/aromatic N) is 1. The molecule has 6 nitrogen and oxygen atoms in total. The summed E-state index contributed by atoms with van der Waals surface area (Å²) in [7, 11) is 0. The molecule has 0 atom stereocenters. The number of hydrogen-bond donors (Lipinski definition) is 2. The van der Waals surface area contributed by atoms with Gasteiger partial charge in [0, 0.05) is 23.5 Å². The number of rotatable bonds is 3. The van der Waals surface area contributed by atoms with Gasteiger partial charge < -0.3 is 11.1 Å². The van der Waals surface area contributed by atoms with Crippen LogP contribution < -0.4 is 11.1 Å². The van der Waals surface area contributed by atoms with Crippen LogP contribution in [0.4, 0.5) is 21.5 Å². The number of amides is 1. The average molecular weight is 289 g/mol. The fourth-order valence-corrected chi connectivity index (χ4v) is 1.81. The first-order chi connectivity index (χ1) is 9.88. The summed E-state index contributed by atoms with van der Waals surface area (Å²) < 4.78 is 13.6. The number of nitrogen functional groups attached to an aromatic ring is 1. The van der Waals surface area contributed by atoms with E-state index in [1.54, 1.807) is 6.92 Å². The van der Waals surface area contributed by atoms with E-state index in [-0.39, 0.29) is 16.9 Å². The fourth-order valence-electron chi connectivity index (χ4n) is 1.81. The maximum Gasteiger partial charge on any atom is 0.269 e. The number of carbonyl (C=O) groups excluding carboxylic acids is 1. The zero-order valence-corrected chi connectivity index (χ0v) is 11.1. The van der Waals surface area contributed by atoms with Gasteiger partial charge in [-0.05, 0) is 36.8 Å². The van der Waals surface area contributed by atoms with Crippen LogP contribution in [0.15, 0.2) is 36.4 Å². The lowest BCUT2D eigenvalue weighted by atomic mass is 10.1. The highest BCUT2D eigenvalue weighted by atomic mass is 19.1. The van der Waals surface area contributed by atoms with Crippen LogP contribution in [-0.4, -0.2) is 10.8 Å². The standard InChI is InChI=1S/C14H12FN3O3/c1-8-6-10(18(20)21)3-5-13(8)17-14(19)11-4-2-9(16)7-12(11)15/h2-7H,16H2,1H3,(H,17,19). The number of nitro groups is 1. The van der Waals surface area contributed by atoms with Gasteiger partial charge in [-0.3, -0.25) is 14.9 Å². The zero-order valence-electron chi connectivity index (χ0n) is 11.1. The normalized spacial score (nSPS) is 10.2. The van der Waals surface area contributed by atoms with Crippen LogP contribution >= 0.6 is 0 Å². The van der Waals surface area contributed by atoms with Gasteiger partial charge in [-0.1, -0.05) is 0 Å². The predicted octanol–water partition coefficient (Wildman–Crippen LogP) is 2.88. The highest BCUT2D eigenvalue weighted by Crippen LogP contribution is 2.22. The van der Waals surface area contributed by atoms with E-state index in [1.165, 1.54) is 30.3 Å². The number of halogens is 1. The summed E-state index contributed by atoms with van der Waals surface area (Å²) in [6.07, 6.45) is 0. The molecule has 0 aliphatic heterocycles. The van der Waals surface area contributed by atoms with Gasteiger partial charge in [-0.15, -0.1) is 0 Å². The Morgan fingerprint density at radius 1 is 1.29 bits per heavy atom. The Morgan fingerprint density at radius 3 is 2.57 bits per heavy atom. The lowest BCUT2D eigenvalue weighted by Gasteiger charge is -2.09. The molecule has 0 unspecified atom stereocenters. The average Bonchev–Trinajstić information content (AvgIpc) is 2.40. The van der Waals surface area contributed by atoms with E-state index >= 15 is 0 Å². The maximum atomic E-state index is 13.6.